The first-order valence-electron chi connectivity index (χ1n) is 9.50. The van der Waals surface area contributed by atoms with Crippen LogP contribution in [0.4, 0.5) is 0 Å². The monoisotopic (exact) mass is 315 g/mol. The smallest absolute Gasteiger partial charge is 0.0233 e. The lowest BCUT2D eigenvalue weighted by Crippen LogP contribution is -2.42. The number of nitrogens with zero attached hydrogens (tertiary/aromatic N) is 2. The molecule has 2 aliphatic rings. The van der Waals surface area contributed by atoms with Gasteiger partial charge in [0.1, 0.15) is 0 Å². The van der Waals surface area contributed by atoms with E-state index in [9.17, 15) is 0 Å². The highest BCUT2D eigenvalue weighted by molar-refractivity contribution is 5.23. The second kappa shape index (κ2) is 8.27. The molecule has 1 atom stereocenters. The molecule has 0 spiro atoms. The number of likely N-dealkylation sites (tertiary alicyclic amines) is 2. The molecule has 2 heterocycles. The summed E-state index contributed by atoms with van der Waals surface area (Å²) in [6, 6.07) is 9.76. The zero-order chi connectivity index (χ0) is 16.1. The Labute approximate surface area is 141 Å². The van der Waals surface area contributed by atoms with Crippen molar-refractivity contribution in [1.82, 2.24) is 9.80 Å². The SMILES string of the molecule is C[C@H](C1CCN(Cc2cccc(CCN)c2)CC1)N1CCCC1. The average molecular weight is 316 g/mol. The second-order valence-electron chi connectivity index (χ2n) is 7.46. The fraction of sp³-hybridized carbons (Fsp3) is 0.700. The van der Waals surface area contributed by atoms with Crippen LogP contribution in [0.1, 0.15) is 43.7 Å². The fourth-order valence-corrected chi connectivity index (χ4v) is 4.35. The minimum absolute atomic E-state index is 0.739. The maximum atomic E-state index is 5.68. The number of benzene rings is 1. The van der Waals surface area contributed by atoms with Gasteiger partial charge in [-0.3, -0.25) is 4.90 Å². The van der Waals surface area contributed by atoms with Crippen LogP contribution in [0.15, 0.2) is 24.3 Å². The molecule has 3 rings (SSSR count). The first-order valence-corrected chi connectivity index (χ1v) is 9.50. The molecule has 23 heavy (non-hydrogen) atoms. The highest BCUT2D eigenvalue weighted by Gasteiger charge is 2.28. The van der Waals surface area contributed by atoms with E-state index in [4.69, 9.17) is 5.73 Å². The fourth-order valence-electron chi connectivity index (χ4n) is 4.35. The second-order valence-corrected chi connectivity index (χ2v) is 7.46. The molecular formula is C20H33N3. The molecule has 3 nitrogen and oxygen atoms in total. The van der Waals surface area contributed by atoms with Crippen LogP contribution in [0.3, 0.4) is 0 Å². The van der Waals surface area contributed by atoms with Crippen molar-refractivity contribution < 1.29 is 0 Å². The molecule has 2 aliphatic heterocycles. The van der Waals surface area contributed by atoms with Gasteiger partial charge in [-0.25, -0.2) is 0 Å². The van der Waals surface area contributed by atoms with Crippen molar-refractivity contribution in [1.29, 1.82) is 0 Å². The molecule has 0 radical (unpaired) electrons. The van der Waals surface area contributed by atoms with Gasteiger partial charge in [0.05, 0.1) is 0 Å². The van der Waals surface area contributed by atoms with E-state index in [1.54, 1.807) is 0 Å². The quantitative estimate of drug-likeness (QED) is 0.876. The van der Waals surface area contributed by atoms with Gasteiger partial charge in [-0.05, 0) is 88.8 Å². The van der Waals surface area contributed by atoms with Gasteiger partial charge in [0, 0.05) is 12.6 Å². The van der Waals surface area contributed by atoms with Crippen LogP contribution < -0.4 is 5.73 Å². The summed E-state index contributed by atoms with van der Waals surface area (Å²) in [5, 5.41) is 0. The molecule has 1 aromatic carbocycles. The van der Waals surface area contributed by atoms with E-state index in [0.717, 1.165) is 31.5 Å². The molecule has 0 aromatic heterocycles. The lowest BCUT2D eigenvalue weighted by Gasteiger charge is -2.38. The van der Waals surface area contributed by atoms with Crippen molar-refractivity contribution in [3.8, 4) is 0 Å². The number of hydrogen-bond acceptors (Lipinski definition) is 3. The van der Waals surface area contributed by atoms with E-state index in [1.807, 2.05) is 0 Å². The van der Waals surface area contributed by atoms with Crippen LogP contribution in [0.5, 0.6) is 0 Å². The molecule has 0 saturated carbocycles. The summed E-state index contributed by atoms with van der Waals surface area (Å²) in [5.41, 5.74) is 8.50. The number of hydrogen-bond donors (Lipinski definition) is 1. The summed E-state index contributed by atoms with van der Waals surface area (Å²) in [7, 11) is 0. The summed E-state index contributed by atoms with van der Waals surface area (Å²) in [6.07, 6.45) is 6.52. The summed E-state index contributed by atoms with van der Waals surface area (Å²) >= 11 is 0. The Kier molecular flexibility index (Phi) is 6.09. The minimum atomic E-state index is 0.739. The van der Waals surface area contributed by atoms with E-state index in [0.29, 0.717) is 0 Å². The van der Waals surface area contributed by atoms with Crippen molar-refractivity contribution in [2.45, 2.75) is 51.6 Å². The van der Waals surface area contributed by atoms with Crippen LogP contribution >= 0.6 is 0 Å². The van der Waals surface area contributed by atoms with Crippen molar-refractivity contribution in [3.63, 3.8) is 0 Å². The van der Waals surface area contributed by atoms with Gasteiger partial charge in [0.25, 0.3) is 0 Å². The van der Waals surface area contributed by atoms with Gasteiger partial charge in [-0.2, -0.15) is 0 Å². The Balaban J connectivity index is 1.48. The van der Waals surface area contributed by atoms with Gasteiger partial charge in [0.15, 0.2) is 0 Å². The minimum Gasteiger partial charge on any atom is -0.330 e. The van der Waals surface area contributed by atoms with E-state index < -0.39 is 0 Å². The molecule has 0 aliphatic carbocycles. The normalized spacial score (nSPS) is 22.5. The van der Waals surface area contributed by atoms with Crippen LogP contribution in [-0.4, -0.2) is 48.6 Å². The lowest BCUT2D eigenvalue weighted by atomic mass is 9.89. The van der Waals surface area contributed by atoms with Gasteiger partial charge >= 0.3 is 0 Å². The van der Waals surface area contributed by atoms with Crippen molar-refractivity contribution in [3.05, 3.63) is 35.4 Å². The predicted octanol–water partition coefficient (Wildman–Crippen LogP) is 2.88. The summed E-state index contributed by atoms with van der Waals surface area (Å²) in [6.45, 7) is 9.47. The van der Waals surface area contributed by atoms with Crippen LogP contribution in [-0.2, 0) is 13.0 Å². The van der Waals surface area contributed by atoms with Crippen molar-refractivity contribution in [2.75, 3.05) is 32.7 Å². The molecular weight excluding hydrogens is 282 g/mol. The van der Waals surface area contributed by atoms with E-state index in [-0.39, 0.29) is 0 Å². The Morgan fingerprint density at radius 3 is 2.48 bits per heavy atom. The van der Waals surface area contributed by atoms with E-state index >= 15 is 0 Å². The highest BCUT2D eigenvalue weighted by Crippen LogP contribution is 2.27. The molecule has 0 unspecified atom stereocenters. The molecule has 1 aromatic rings. The third-order valence-electron chi connectivity index (χ3n) is 5.86. The number of nitrogens with two attached hydrogens (primary N) is 1. The van der Waals surface area contributed by atoms with E-state index in [2.05, 4.69) is 41.0 Å². The number of rotatable bonds is 6. The Morgan fingerprint density at radius 1 is 1.09 bits per heavy atom. The van der Waals surface area contributed by atoms with Gasteiger partial charge in [-0.15, -0.1) is 0 Å². The Hall–Kier alpha value is -0.900. The summed E-state index contributed by atoms with van der Waals surface area (Å²) in [4.78, 5) is 5.35. The third-order valence-corrected chi connectivity index (χ3v) is 5.86. The molecule has 128 valence electrons. The molecule has 3 heteroatoms. The Morgan fingerprint density at radius 2 is 1.78 bits per heavy atom. The highest BCUT2D eigenvalue weighted by atomic mass is 15.2. The molecule has 0 bridgehead atoms. The van der Waals surface area contributed by atoms with Gasteiger partial charge < -0.3 is 10.6 Å². The summed E-state index contributed by atoms with van der Waals surface area (Å²) < 4.78 is 0. The zero-order valence-corrected chi connectivity index (χ0v) is 14.7. The maximum absolute atomic E-state index is 5.68. The summed E-state index contributed by atoms with van der Waals surface area (Å²) in [5.74, 6) is 0.896. The van der Waals surface area contributed by atoms with Crippen molar-refractivity contribution in [2.24, 2.45) is 11.7 Å². The topological polar surface area (TPSA) is 32.5 Å². The first-order chi connectivity index (χ1) is 11.3. The largest absolute Gasteiger partial charge is 0.330 e. The maximum Gasteiger partial charge on any atom is 0.0233 e. The standard InChI is InChI=1S/C20H33N3/c1-17(23-11-2-3-12-23)20-8-13-22(14-9-20)16-19-6-4-5-18(15-19)7-10-21/h4-6,15,17,20H,2-3,7-14,16,21H2,1H3/t17-/m1/s1. The number of piperidine rings is 1. The van der Waals surface area contributed by atoms with Gasteiger partial charge in [-0.1, -0.05) is 24.3 Å². The Bertz CT molecular complexity index is 474. The molecule has 0 amide bonds. The molecule has 2 N–H and O–H groups in total. The first kappa shape index (κ1) is 16.9. The van der Waals surface area contributed by atoms with Gasteiger partial charge in [0.2, 0.25) is 0 Å². The van der Waals surface area contributed by atoms with Crippen LogP contribution in [0, 0.1) is 5.92 Å². The predicted molar refractivity (Wildman–Crippen MR) is 97.5 cm³/mol. The van der Waals surface area contributed by atoms with E-state index in [1.165, 1.54) is 63.0 Å². The third kappa shape index (κ3) is 4.56. The lowest BCUT2D eigenvalue weighted by molar-refractivity contribution is 0.108. The van der Waals surface area contributed by atoms with Crippen molar-refractivity contribution >= 4 is 0 Å². The molecule has 2 saturated heterocycles. The van der Waals surface area contributed by atoms with Crippen LogP contribution in [0.2, 0.25) is 0 Å². The van der Waals surface area contributed by atoms with Crippen LogP contribution in [0.25, 0.3) is 0 Å². The average Bonchev–Trinajstić information content (AvgIpc) is 3.10. The zero-order valence-electron chi connectivity index (χ0n) is 14.7. The molecule has 2 fully saturated rings.